The number of nitrogens with one attached hydrogen (secondary N) is 1. The smallest absolute Gasteiger partial charge is 0.251 e. The zero-order chi connectivity index (χ0) is 18.4. The molecule has 1 atom stereocenters. The monoisotopic (exact) mass is 346 g/mol. The van der Waals surface area contributed by atoms with Gasteiger partial charge in [-0.3, -0.25) is 9.78 Å². The molecule has 2 heterocycles. The van der Waals surface area contributed by atoms with Gasteiger partial charge in [0.15, 0.2) is 0 Å². The Balaban J connectivity index is 1.78. The van der Waals surface area contributed by atoms with Crippen LogP contribution >= 0.6 is 0 Å². The number of hydrogen-bond donors (Lipinski definition) is 1. The fourth-order valence-corrected chi connectivity index (χ4v) is 3.00. The topological polar surface area (TPSA) is 67.8 Å². The summed E-state index contributed by atoms with van der Waals surface area (Å²) in [6, 6.07) is 11.5. The van der Waals surface area contributed by atoms with Gasteiger partial charge in [0.1, 0.15) is 6.33 Å². The van der Waals surface area contributed by atoms with Crippen LogP contribution < -0.4 is 5.32 Å². The van der Waals surface area contributed by atoms with E-state index in [-0.39, 0.29) is 11.8 Å². The molecule has 5 heteroatoms. The first-order chi connectivity index (χ1) is 12.7. The standard InChI is InChI=1S/C21H22N4O/c1-15(2)20(16-6-5-9-22-10-16)13-25-21(26)19-8-4-3-7-18(19)17-11-23-14-24-12-17/h3-12,14-15,20H,13H2,1-2H3,(H,25,26)/t20-/m0/s1. The molecule has 1 aromatic carbocycles. The van der Waals surface area contributed by atoms with Crippen LogP contribution in [0.1, 0.15) is 35.7 Å². The molecule has 0 fully saturated rings. The molecule has 0 aliphatic heterocycles. The number of rotatable bonds is 6. The molecule has 2 aromatic heterocycles. The van der Waals surface area contributed by atoms with E-state index in [2.05, 4.69) is 40.2 Å². The Kier molecular flexibility index (Phi) is 5.69. The molecule has 0 saturated carbocycles. The van der Waals surface area contributed by atoms with E-state index in [0.29, 0.717) is 18.0 Å². The average Bonchev–Trinajstić information content (AvgIpc) is 2.69. The molecule has 3 aromatic rings. The number of hydrogen-bond acceptors (Lipinski definition) is 4. The third-order valence-corrected chi connectivity index (χ3v) is 4.44. The molecular formula is C21H22N4O. The maximum absolute atomic E-state index is 12.8. The summed E-state index contributed by atoms with van der Waals surface area (Å²) < 4.78 is 0. The molecule has 26 heavy (non-hydrogen) atoms. The van der Waals surface area contributed by atoms with Gasteiger partial charge in [-0.15, -0.1) is 0 Å². The predicted molar refractivity (Wildman–Crippen MR) is 102 cm³/mol. The first-order valence-electron chi connectivity index (χ1n) is 8.69. The van der Waals surface area contributed by atoms with Gasteiger partial charge in [0.2, 0.25) is 0 Å². The number of carbonyl (C=O) groups is 1. The summed E-state index contributed by atoms with van der Waals surface area (Å²) in [6.07, 6.45) is 8.54. The Morgan fingerprint density at radius 1 is 1.00 bits per heavy atom. The summed E-state index contributed by atoms with van der Waals surface area (Å²) in [4.78, 5) is 25.1. The van der Waals surface area contributed by atoms with E-state index in [1.54, 1.807) is 18.6 Å². The molecular weight excluding hydrogens is 324 g/mol. The second-order valence-corrected chi connectivity index (χ2v) is 6.52. The van der Waals surface area contributed by atoms with E-state index in [1.807, 2.05) is 36.5 Å². The van der Waals surface area contributed by atoms with Crippen LogP contribution in [-0.2, 0) is 0 Å². The lowest BCUT2D eigenvalue weighted by atomic mass is 9.89. The SMILES string of the molecule is CC(C)[C@H](CNC(=O)c1ccccc1-c1cncnc1)c1cccnc1. The molecule has 0 unspecified atom stereocenters. The van der Waals surface area contributed by atoms with Crippen LogP contribution in [0.15, 0.2) is 67.5 Å². The Morgan fingerprint density at radius 2 is 1.77 bits per heavy atom. The molecule has 5 nitrogen and oxygen atoms in total. The van der Waals surface area contributed by atoms with Gasteiger partial charge >= 0.3 is 0 Å². The Labute approximate surface area is 153 Å². The summed E-state index contributed by atoms with van der Waals surface area (Å²) in [5.74, 6) is 0.496. The lowest BCUT2D eigenvalue weighted by Crippen LogP contribution is -2.30. The lowest BCUT2D eigenvalue weighted by molar-refractivity contribution is 0.0949. The fourth-order valence-electron chi connectivity index (χ4n) is 3.00. The normalized spacial score (nSPS) is 12.0. The van der Waals surface area contributed by atoms with Crippen molar-refractivity contribution in [2.45, 2.75) is 19.8 Å². The van der Waals surface area contributed by atoms with E-state index in [0.717, 1.165) is 16.7 Å². The minimum absolute atomic E-state index is 0.0982. The summed E-state index contributed by atoms with van der Waals surface area (Å²) in [6.45, 7) is 4.86. The van der Waals surface area contributed by atoms with Crippen molar-refractivity contribution in [3.63, 3.8) is 0 Å². The summed E-state index contributed by atoms with van der Waals surface area (Å²) >= 11 is 0. The number of amides is 1. The molecule has 0 aliphatic carbocycles. The molecule has 1 N–H and O–H groups in total. The molecule has 3 rings (SSSR count). The molecule has 1 amide bonds. The van der Waals surface area contributed by atoms with Gasteiger partial charge in [-0.25, -0.2) is 9.97 Å². The highest BCUT2D eigenvalue weighted by Gasteiger charge is 2.19. The van der Waals surface area contributed by atoms with Gasteiger partial charge in [-0.2, -0.15) is 0 Å². The first-order valence-corrected chi connectivity index (χ1v) is 8.69. The van der Waals surface area contributed by atoms with Crippen molar-refractivity contribution >= 4 is 5.91 Å². The van der Waals surface area contributed by atoms with Crippen LogP contribution in [0, 0.1) is 5.92 Å². The molecule has 0 aliphatic rings. The zero-order valence-electron chi connectivity index (χ0n) is 15.0. The predicted octanol–water partition coefficient (Wildman–Crippen LogP) is 3.71. The molecule has 0 bridgehead atoms. The van der Waals surface area contributed by atoms with Crippen molar-refractivity contribution in [3.8, 4) is 11.1 Å². The zero-order valence-corrected chi connectivity index (χ0v) is 15.0. The van der Waals surface area contributed by atoms with Crippen LogP contribution in [0.2, 0.25) is 0 Å². The van der Waals surface area contributed by atoms with Crippen molar-refractivity contribution in [3.05, 3.63) is 78.6 Å². The van der Waals surface area contributed by atoms with Gasteiger partial charge in [0.05, 0.1) is 0 Å². The summed E-state index contributed by atoms with van der Waals surface area (Å²) in [7, 11) is 0. The van der Waals surface area contributed by atoms with Crippen molar-refractivity contribution in [1.82, 2.24) is 20.3 Å². The highest BCUT2D eigenvalue weighted by Crippen LogP contribution is 2.24. The number of aromatic nitrogens is 3. The van der Waals surface area contributed by atoms with Gasteiger partial charge in [-0.1, -0.05) is 38.1 Å². The van der Waals surface area contributed by atoms with E-state index < -0.39 is 0 Å². The minimum Gasteiger partial charge on any atom is -0.351 e. The van der Waals surface area contributed by atoms with Crippen molar-refractivity contribution in [1.29, 1.82) is 0 Å². The van der Waals surface area contributed by atoms with Gasteiger partial charge in [0, 0.05) is 48.4 Å². The third-order valence-electron chi connectivity index (χ3n) is 4.44. The fraction of sp³-hybridized carbons (Fsp3) is 0.238. The van der Waals surface area contributed by atoms with Crippen LogP contribution in [-0.4, -0.2) is 27.4 Å². The Hall–Kier alpha value is -3.08. The Morgan fingerprint density at radius 3 is 2.46 bits per heavy atom. The quantitative estimate of drug-likeness (QED) is 0.739. The van der Waals surface area contributed by atoms with E-state index >= 15 is 0 Å². The molecule has 0 spiro atoms. The summed E-state index contributed by atoms with van der Waals surface area (Å²) in [5.41, 5.74) is 3.41. The van der Waals surface area contributed by atoms with Crippen molar-refractivity contribution < 1.29 is 4.79 Å². The van der Waals surface area contributed by atoms with Gasteiger partial charge in [-0.05, 0) is 29.2 Å². The van der Waals surface area contributed by atoms with Crippen molar-refractivity contribution in [2.24, 2.45) is 5.92 Å². The number of pyridine rings is 1. The maximum Gasteiger partial charge on any atom is 0.251 e. The summed E-state index contributed by atoms with van der Waals surface area (Å²) in [5, 5.41) is 3.08. The van der Waals surface area contributed by atoms with Crippen LogP contribution in [0.4, 0.5) is 0 Å². The van der Waals surface area contributed by atoms with Crippen molar-refractivity contribution in [2.75, 3.05) is 6.54 Å². The molecule has 132 valence electrons. The maximum atomic E-state index is 12.8. The van der Waals surface area contributed by atoms with E-state index in [9.17, 15) is 4.79 Å². The van der Waals surface area contributed by atoms with Crippen LogP contribution in [0.5, 0.6) is 0 Å². The van der Waals surface area contributed by atoms with Crippen LogP contribution in [0.25, 0.3) is 11.1 Å². The highest BCUT2D eigenvalue weighted by molar-refractivity contribution is 6.00. The lowest BCUT2D eigenvalue weighted by Gasteiger charge is -2.22. The highest BCUT2D eigenvalue weighted by atomic mass is 16.1. The Bertz CT molecular complexity index is 850. The molecule has 0 radical (unpaired) electrons. The average molecular weight is 346 g/mol. The number of carbonyl (C=O) groups excluding carboxylic acids is 1. The third kappa shape index (κ3) is 4.11. The van der Waals surface area contributed by atoms with Gasteiger partial charge < -0.3 is 5.32 Å². The minimum atomic E-state index is -0.0982. The van der Waals surface area contributed by atoms with Crippen LogP contribution in [0.3, 0.4) is 0 Å². The molecule has 0 saturated heterocycles. The first kappa shape index (κ1) is 17.7. The number of benzene rings is 1. The number of nitrogens with zero attached hydrogens (tertiary/aromatic N) is 3. The van der Waals surface area contributed by atoms with E-state index in [4.69, 9.17) is 0 Å². The largest absolute Gasteiger partial charge is 0.351 e. The van der Waals surface area contributed by atoms with Gasteiger partial charge in [0.25, 0.3) is 5.91 Å². The second kappa shape index (κ2) is 8.34. The van der Waals surface area contributed by atoms with E-state index in [1.165, 1.54) is 6.33 Å². The second-order valence-electron chi connectivity index (χ2n) is 6.52.